The first-order valence-corrected chi connectivity index (χ1v) is 10.00. The van der Waals surface area contributed by atoms with E-state index < -0.39 is 6.03 Å². The van der Waals surface area contributed by atoms with E-state index in [4.69, 9.17) is 4.74 Å². The molecule has 3 amide bonds. The van der Waals surface area contributed by atoms with Crippen LogP contribution in [0.2, 0.25) is 0 Å². The Hall–Kier alpha value is -2.90. The van der Waals surface area contributed by atoms with Crippen LogP contribution in [0.15, 0.2) is 48.5 Å². The number of benzene rings is 2. The molecule has 0 bridgehead atoms. The zero-order chi connectivity index (χ0) is 20.6. The second kappa shape index (κ2) is 10.0. The first kappa shape index (κ1) is 20.8. The van der Waals surface area contributed by atoms with Gasteiger partial charge in [-0.3, -0.25) is 10.1 Å². The Morgan fingerprint density at radius 1 is 1.00 bits per heavy atom. The summed E-state index contributed by atoms with van der Waals surface area (Å²) in [5.41, 5.74) is 3.12. The summed E-state index contributed by atoms with van der Waals surface area (Å²) in [5, 5.41) is 5.08. The lowest BCUT2D eigenvalue weighted by atomic mass is 10.1. The molecular weight excluding hydrogens is 368 g/mol. The van der Waals surface area contributed by atoms with Gasteiger partial charge >= 0.3 is 6.03 Å². The average Bonchev–Trinajstić information content (AvgIpc) is 2.70. The molecule has 0 saturated carbocycles. The van der Waals surface area contributed by atoms with Gasteiger partial charge in [0.2, 0.25) is 0 Å². The molecule has 1 saturated heterocycles. The molecule has 7 nitrogen and oxygen atoms in total. The van der Waals surface area contributed by atoms with Gasteiger partial charge in [0.25, 0.3) is 5.91 Å². The fraction of sp³-hybridized carbons (Fsp3) is 0.364. The van der Waals surface area contributed by atoms with Crippen molar-refractivity contribution in [1.29, 1.82) is 0 Å². The van der Waals surface area contributed by atoms with E-state index in [1.807, 2.05) is 24.3 Å². The highest BCUT2D eigenvalue weighted by Crippen LogP contribution is 2.18. The van der Waals surface area contributed by atoms with Gasteiger partial charge in [-0.15, -0.1) is 0 Å². The van der Waals surface area contributed by atoms with Gasteiger partial charge in [0.1, 0.15) is 38.5 Å². The lowest BCUT2D eigenvalue weighted by molar-refractivity contribution is -1.02. The standard InChI is InChI=1S/C22H28N4O3/c1-17-8-9-20(29-2)18(14-17)15-25-10-12-26(13-11-25)16-21(27)24-22(28)23-19-6-4-3-5-7-19/h3-9,14H,10-13,15-16H2,1-2H3,(H2,23,24,27,28)/p+2. The second-order valence-corrected chi connectivity index (χ2v) is 7.54. The Balaban J connectivity index is 1.42. The monoisotopic (exact) mass is 398 g/mol. The van der Waals surface area contributed by atoms with Crippen molar-refractivity contribution in [3.8, 4) is 5.75 Å². The van der Waals surface area contributed by atoms with Gasteiger partial charge in [-0.05, 0) is 31.2 Å². The molecule has 0 unspecified atom stereocenters. The minimum absolute atomic E-state index is 0.253. The highest BCUT2D eigenvalue weighted by molar-refractivity contribution is 6.01. The third-order valence-corrected chi connectivity index (χ3v) is 5.24. The molecule has 3 rings (SSSR count). The molecule has 154 valence electrons. The van der Waals surface area contributed by atoms with E-state index in [0.717, 1.165) is 38.5 Å². The zero-order valence-electron chi connectivity index (χ0n) is 17.1. The lowest BCUT2D eigenvalue weighted by Gasteiger charge is -2.29. The number of ether oxygens (including phenoxy) is 1. The fourth-order valence-corrected chi connectivity index (χ4v) is 3.71. The van der Waals surface area contributed by atoms with E-state index >= 15 is 0 Å². The van der Waals surface area contributed by atoms with Gasteiger partial charge < -0.3 is 19.9 Å². The summed E-state index contributed by atoms with van der Waals surface area (Å²) in [6.45, 7) is 7.08. The number of hydrogen-bond donors (Lipinski definition) is 4. The molecule has 29 heavy (non-hydrogen) atoms. The average molecular weight is 399 g/mol. The van der Waals surface area contributed by atoms with Crippen molar-refractivity contribution in [1.82, 2.24) is 5.32 Å². The number of rotatable bonds is 6. The normalized spacial score (nSPS) is 18.7. The quantitative estimate of drug-likeness (QED) is 0.537. The van der Waals surface area contributed by atoms with Gasteiger partial charge in [-0.1, -0.05) is 29.8 Å². The predicted molar refractivity (Wildman–Crippen MR) is 111 cm³/mol. The maximum absolute atomic E-state index is 12.2. The molecule has 0 radical (unpaired) electrons. The number of methoxy groups -OCH3 is 1. The van der Waals surface area contributed by atoms with Crippen LogP contribution in [0.1, 0.15) is 11.1 Å². The van der Waals surface area contributed by atoms with Crippen LogP contribution in [0.4, 0.5) is 10.5 Å². The minimum atomic E-state index is -0.489. The van der Waals surface area contributed by atoms with E-state index in [1.54, 1.807) is 19.2 Å². The first-order valence-electron chi connectivity index (χ1n) is 10.00. The molecule has 1 aliphatic heterocycles. The lowest BCUT2D eigenvalue weighted by Crippen LogP contribution is -3.28. The Bertz CT molecular complexity index is 833. The molecule has 0 aromatic heterocycles. The number of anilines is 1. The van der Waals surface area contributed by atoms with Gasteiger partial charge in [-0.25, -0.2) is 4.79 Å². The van der Waals surface area contributed by atoms with Crippen molar-refractivity contribution in [3.05, 3.63) is 59.7 Å². The van der Waals surface area contributed by atoms with Gasteiger partial charge in [0, 0.05) is 11.3 Å². The van der Waals surface area contributed by atoms with Crippen molar-refractivity contribution in [3.63, 3.8) is 0 Å². The van der Waals surface area contributed by atoms with Crippen molar-refractivity contribution >= 4 is 17.6 Å². The molecule has 0 spiro atoms. The van der Waals surface area contributed by atoms with Crippen LogP contribution in [0.25, 0.3) is 0 Å². The Labute approximate surface area is 171 Å². The molecule has 7 heteroatoms. The number of amides is 3. The summed E-state index contributed by atoms with van der Waals surface area (Å²) in [7, 11) is 1.71. The number of nitrogens with one attached hydrogen (secondary N) is 4. The summed E-state index contributed by atoms with van der Waals surface area (Å²) in [6, 6.07) is 14.9. The summed E-state index contributed by atoms with van der Waals surface area (Å²) in [6.07, 6.45) is 0. The van der Waals surface area contributed by atoms with Crippen LogP contribution in [0, 0.1) is 6.92 Å². The second-order valence-electron chi connectivity index (χ2n) is 7.54. The largest absolute Gasteiger partial charge is 0.496 e. The van der Waals surface area contributed by atoms with Crippen molar-refractivity contribution in [2.75, 3.05) is 45.2 Å². The number of para-hydroxylation sites is 1. The molecule has 4 N–H and O–H groups in total. The van der Waals surface area contributed by atoms with E-state index in [-0.39, 0.29) is 5.91 Å². The third kappa shape index (κ3) is 6.30. The Morgan fingerprint density at radius 2 is 1.69 bits per heavy atom. The van der Waals surface area contributed by atoms with Crippen LogP contribution in [-0.2, 0) is 11.3 Å². The number of urea groups is 1. The van der Waals surface area contributed by atoms with E-state index in [0.29, 0.717) is 12.2 Å². The number of quaternary nitrogens is 2. The maximum atomic E-state index is 12.2. The summed E-state index contributed by atoms with van der Waals surface area (Å²) >= 11 is 0. The zero-order valence-corrected chi connectivity index (χ0v) is 17.1. The highest BCUT2D eigenvalue weighted by atomic mass is 16.5. The van der Waals surface area contributed by atoms with Gasteiger partial charge in [0.15, 0.2) is 6.54 Å². The van der Waals surface area contributed by atoms with Crippen molar-refractivity contribution in [2.45, 2.75) is 13.5 Å². The molecule has 1 aliphatic rings. The number of piperazine rings is 1. The van der Waals surface area contributed by atoms with E-state index in [2.05, 4.69) is 29.7 Å². The summed E-state index contributed by atoms with van der Waals surface area (Å²) in [5.74, 6) is 0.680. The fourth-order valence-electron chi connectivity index (χ4n) is 3.71. The smallest absolute Gasteiger partial charge is 0.326 e. The number of hydrogen-bond acceptors (Lipinski definition) is 3. The predicted octanol–water partition coefficient (Wildman–Crippen LogP) is -0.365. The summed E-state index contributed by atoms with van der Waals surface area (Å²) < 4.78 is 5.49. The molecule has 0 aliphatic carbocycles. The molecule has 2 aromatic rings. The molecular formula is C22H30N4O3+2. The van der Waals surface area contributed by atoms with Crippen LogP contribution >= 0.6 is 0 Å². The van der Waals surface area contributed by atoms with Gasteiger partial charge in [0.05, 0.1) is 7.11 Å². The molecule has 2 aromatic carbocycles. The number of carbonyl (C=O) groups is 2. The third-order valence-electron chi connectivity index (χ3n) is 5.24. The van der Waals surface area contributed by atoms with Gasteiger partial charge in [-0.2, -0.15) is 0 Å². The topological polar surface area (TPSA) is 76.3 Å². The van der Waals surface area contributed by atoms with E-state index in [1.165, 1.54) is 20.9 Å². The summed E-state index contributed by atoms with van der Waals surface area (Å²) in [4.78, 5) is 26.8. The van der Waals surface area contributed by atoms with Crippen LogP contribution in [-0.4, -0.2) is 51.8 Å². The van der Waals surface area contributed by atoms with Crippen LogP contribution < -0.4 is 25.2 Å². The maximum Gasteiger partial charge on any atom is 0.326 e. The molecule has 1 heterocycles. The Kier molecular flexibility index (Phi) is 7.21. The molecule has 0 atom stereocenters. The van der Waals surface area contributed by atoms with Crippen molar-refractivity contribution < 1.29 is 24.1 Å². The SMILES string of the molecule is COc1ccc(C)cc1C[NH+]1CC[NH+](CC(=O)NC(=O)Nc2ccccc2)CC1. The number of carbonyl (C=O) groups excluding carboxylic acids is 2. The van der Waals surface area contributed by atoms with E-state index in [9.17, 15) is 9.59 Å². The van der Waals surface area contributed by atoms with Crippen LogP contribution in [0.5, 0.6) is 5.75 Å². The highest BCUT2D eigenvalue weighted by Gasteiger charge is 2.26. The number of aryl methyl sites for hydroxylation is 1. The number of imide groups is 1. The minimum Gasteiger partial charge on any atom is -0.496 e. The van der Waals surface area contributed by atoms with Crippen LogP contribution in [0.3, 0.4) is 0 Å². The first-order chi connectivity index (χ1) is 14.0. The van der Waals surface area contributed by atoms with Crippen molar-refractivity contribution in [2.24, 2.45) is 0 Å². The Morgan fingerprint density at radius 3 is 2.38 bits per heavy atom. The molecule has 1 fully saturated rings.